The quantitative estimate of drug-likeness (QED) is 0.661. The van der Waals surface area contributed by atoms with Crippen molar-refractivity contribution in [3.05, 3.63) is 71.7 Å². The van der Waals surface area contributed by atoms with Gasteiger partial charge >= 0.3 is 0 Å². The van der Waals surface area contributed by atoms with Crippen molar-refractivity contribution in [2.45, 2.75) is 13.5 Å². The number of carbonyl (C=O) groups excluding carboxylic acids is 1. The van der Waals surface area contributed by atoms with E-state index >= 15 is 0 Å². The van der Waals surface area contributed by atoms with Gasteiger partial charge in [-0.2, -0.15) is 0 Å². The minimum absolute atomic E-state index is 0.294. The van der Waals surface area contributed by atoms with Crippen molar-refractivity contribution in [1.82, 2.24) is 9.97 Å². The number of methoxy groups -OCH3 is 2. The van der Waals surface area contributed by atoms with Crippen molar-refractivity contribution in [3.63, 3.8) is 0 Å². The molecule has 2 aromatic carbocycles. The molecule has 0 aliphatic heterocycles. The maximum Gasteiger partial charge on any atom is 0.274 e. The van der Waals surface area contributed by atoms with E-state index in [9.17, 15) is 4.79 Å². The number of aryl methyl sites for hydroxylation is 1. The summed E-state index contributed by atoms with van der Waals surface area (Å²) in [6.45, 7) is 2.45. The highest BCUT2D eigenvalue weighted by atomic mass is 16.5. The Morgan fingerprint density at radius 2 is 1.72 bits per heavy atom. The molecule has 7 heteroatoms. The summed E-state index contributed by atoms with van der Waals surface area (Å²) in [6.07, 6.45) is 0. The van der Waals surface area contributed by atoms with E-state index in [1.807, 2.05) is 30.1 Å². The Labute approximate surface area is 170 Å². The van der Waals surface area contributed by atoms with Crippen LogP contribution in [0.3, 0.4) is 0 Å². The summed E-state index contributed by atoms with van der Waals surface area (Å²) < 4.78 is 10.5. The zero-order chi connectivity index (χ0) is 20.8. The highest BCUT2D eigenvalue weighted by Gasteiger charge is 2.14. The predicted molar refractivity (Wildman–Crippen MR) is 113 cm³/mol. The van der Waals surface area contributed by atoms with E-state index in [2.05, 4.69) is 27.4 Å². The van der Waals surface area contributed by atoms with Crippen LogP contribution in [0.25, 0.3) is 0 Å². The third-order valence-corrected chi connectivity index (χ3v) is 4.35. The second kappa shape index (κ2) is 9.05. The number of benzene rings is 2. The molecule has 0 saturated heterocycles. The van der Waals surface area contributed by atoms with Crippen LogP contribution in [0.4, 0.5) is 11.5 Å². The summed E-state index contributed by atoms with van der Waals surface area (Å²) >= 11 is 0. The van der Waals surface area contributed by atoms with Crippen molar-refractivity contribution < 1.29 is 14.3 Å². The third kappa shape index (κ3) is 5.01. The second-order valence-electron chi connectivity index (χ2n) is 6.52. The predicted octanol–water partition coefficient (Wildman–Crippen LogP) is 3.69. The SMILES string of the molecule is COc1ccc(NC(=O)c2cc(N(C)Cc3ccccc3)nc(C)n2)cc1OC. The van der Waals surface area contributed by atoms with Gasteiger partial charge in [0.15, 0.2) is 11.5 Å². The van der Waals surface area contributed by atoms with E-state index in [4.69, 9.17) is 9.47 Å². The van der Waals surface area contributed by atoms with Crippen LogP contribution in [0, 0.1) is 6.92 Å². The van der Waals surface area contributed by atoms with Gasteiger partial charge in [-0.25, -0.2) is 9.97 Å². The van der Waals surface area contributed by atoms with Crippen LogP contribution in [-0.4, -0.2) is 37.1 Å². The van der Waals surface area contributed by atoms with E-state index in [0.29, 0.717) is 41.1 Å². The summed E-state index contributed by atoms with van der Waals surface area (Å²) in [6, 6.07) is 16.9. The number of hydrogen-bond donors (Lipinski definition) is 1. The van der Waals surface area contributed by atoms with E-state index in [-0.39, 0.29) is 5.91 Å². The monoisotopic (exact) mass is 392 g/mol. The minimum atomic E-state index is -0.322. The molecule has 0 radical (unpaired) electrons. The number of amides is 1. The molecule has 0 aliphatic rings. The maximum absolute atomic E-state index is 12.8. The van der Waals surface area contributed by atoms with Gasteiger partial charge in [0.05, 0.1) is 14.2 Å². The summed E-state index contributed by atoms with van der Waals surface area (Å²) in [5, 5.41) is 2.84. The van der Waals surface area contributed by atoms with E-state index in [1.165, 1.54) is 0 Å². The van der Waals surface area contributed by atoms with Gasteiger partial charge in [0, 0.05) is 31.4 Å². The first-order valence-corrected chi connectivity index (χ1v) is 9.14. The molecule has 3 aromatic rings. The number of carbonyl (C=O) groups is 1. The molecule has 1 heterocycles. The van der Waals surface area contributed by atoms with Crippen LogP contribution in [0.2, 0.25) is 0 Å². The largest absolute Gasteiger partial charge is 0.493 e. The highest BCUT2D eigenvalue weighted by molar-refractivity contribution is 6.03. The molecular weight excluding hydrogens is 368 g/mol. The molecule has 1 aromatic heterocycles. The Morgan fingerprint density at radius 1 is 1.00 bits per heavy atom. The van der Waals surface area contributed by atoms with Crippen molar-refractivity contribution in [1.29, 1.82) is 0 Å². The molecule has 1 amide bonds. The maximum atomic E-state index is 12.8. The van der Waals surface area contributed by atoms with Crippen LogP contribution in [0.5, 0.6) is 11.5 Å². The fraction of sp³-hybridized carbons (Fsp3) is 0.227. The van der Waals surface area contributed by atoms with Gasteiger partial charge in [-0.3, -0.25) is 4.79 Å². The molecule has 7 nitrogen and oxygen atoms in total. The van der Waals surface area contributed by atoms with Crippen molar-refractivity contribution >= 4 is 17.4 Å². The summed E-state index contributed by atoms with van der Waals surface area (Å²) in [7, 11) is 5.05. The van der Waals surface area contributed by atoms with Gasteiger partial charge in [0.2, 0.25) is 0 Å². The lowest BCUT2D eigenvalue weighted by atomic mass is 10.2. The summed E-state index contributed by atoms with van der Waals surface area (Å²) in [5.41, 5.74) is 2.04. The third-order valence-electron chi connectivity index (χ3n) is 4.35. The van der Waals surface area contributed by atoms with Crippen LogP contribution in [0.1, 0.15) is 21.9 Å². The molecule has 0 fully saturated rings. The summed E-state index contributed by atoms with van der Waals surface area (Å²) in [5.74, 6) is 2.01. The Hall–Kier alpha value is -3.61. The van der Waals surface area contributed by atoms with Gasteiger partial charge in [0.1, 0.15) is 17.3 Å². The Morgan fingerprint density at radius 3 is 2.41 bits per heavy atom. The Balaban J connectivity index is 1.79. The number of ether oxygens (including phenoxy) is 2. The molecule has 29 heavy (non-hydrogen) atoms. The van der Waals surface area contributed by atoms with E-state index in [0.717, 1.165) is 5.56 Å². The minimum Gasteiger partial charge on any atom is -0.493 e. The first kappa shape index (κ1) is 20.1. The van der Waals surface area contributed by atoms with Crippen LogP contribution < -0.4 is 19.7 Å². The lowest BCUT2D eigenvalue weighted by Gasteiger charge is -2.19. The number of hydrogen-bond acceptors (Lipinski definition) is 6. The molecule has 0 saturated carbocycles. The lowest BCUT2D eigenvalue weighted by Crippen LogP contribution is -2.21. The standard InChI is InChI=1S/C22H24N4O3/c1-15-23-18(13-21(24-15)26(2)14-16-8-6-5-7-9-16)22(27)25-17-10-11-19(28-3)20(12-17)29-4/h5-13H,14H2,1-4H3,(H,25,27). The van der Waals surface area contributed by atoms with Gasteiger partial charge in [0.25, 0.3) is 5.91 Å². The smallest absolute Gasteiger partial charge is 0.274 e. The van der Waals surface area contributed by atoms with Crippen molar-refractivity contribution in [3.8, 4) is 11.5 Å². The van der Waals surface area contributed by atoms with Gasteiger partial charge in [-0.15, -0.1) is 0 Å². The first-order valence-electron chi connectivity index (χ1n) is 9.14. The van der Waals surface area contributed by atoms with Crippen LogP contribution >= 0.6 is 0 Å². The van der Waals surface area contributed by atoms with Crippen LogP contribution in [0.15, 0.2) is 54.6 Å². The fourth-order valence-electron chi connectivity index (χ4n) is 2.91. The Bertz CT molecular complexity index is 993. The average Bonchev–Trinajstić information content (AvgIpc) is 2.73. The molecule has 0 unspecified atom stereocenters. The number of nitrogens with one attached hydrogen (secondary N) is 1. The van der Waals surface area contributed by atoms with Crippen LogP contribution in [-0.2, 0) is 6.54 Å². The number of rotatable bonds is 7. The van der Waals surface area contributed by atoms with Crippen molar-refractivity contribution in [2.75, 3.05) is 31.5 Å². The summed E-state index contributed by atoms with van der Waals surface area (Å²) in [4.78, 5) is 23.5. The van der Waals surface area contributed by atoms with E-state index < -0.39 is 0 Å². The zero-order valence-electron chi connectivity index (χ0n) is 17.0. The number of aromatic nitrogens is 2. The van der Waals surface area contributed by atoms with Crippen molar-refractivity contribution in [2.24, 2.45) is 0 Å². The topological polar surface area (TPSA) is 76.6 Å². The number of anilines is 2. The normalized spacial score (nSPS) is 10.3. The molecule has 0 atom stereocenters. The zero-order valence-corrected chi connectivity index (χ0v) is 17.0. The second-order valence-corrected chi connectivity index (χ2v) is 6.52. The molecule has 0 aliphatic carbocycles. The highest BCUT2D eigenvalue weighted by Crippen LogP contribution is 2.30. The van der Waals surface area contributed by atoms with Gasteiger partial charge in [-0.05, 0) is 24.6 Å². The fourth-order valence-corrected chi connectivity index (χ4v) is 2.91. The Kier molecular flexibility index (Phi) is 6.29. The number of nitrogens with zero attached hydrogens (tertiary/aromatic N) is 3. The molecular formula is C22H24N4O3. The average molecular weight is 392 g/mol. The molecule has 150 valence electrons. The van der Waals surface area contributed by atoms with E-state index in [1.54, 1.807) is 45.4 Å². The first-order chi connectivity index (χ1) is 14.0. The van der Waals surface area contributed by atoms with Gasteiger partial charge in [-0.1, -0.05) is 30.3 Å². The molecule has 0 bridgehead atoms. The van der Waals surface area contributed by atoms with Gasteiger partial charge < -0.3 is 19.7 Å². The molecule has 3 rings (SSSR count). The molecule has 1 N–H and O–H groups in total. The molecule has 0 spiro atoms. The lowest BCUT2D eigenvalue weighted by molar-refractivity contribution is 0.102.